The summed E-state index contributed by atoms with van der Waals surface area (Å²) < 4.78 is 0. The molecule has 0 aromatic heterocycles. The molecule has 0 heterocycles. The molecule has 0 unspecified atom stereocenters. The largest absolute Gasteiger partial charge is 0.354 e. The first kappa shape index (κ1) is 25.1. The first-order valence-electron chi connectivity index (χ1n) is 12.1. The van der Waals surface area contributed by atoms with E-state index in [-0.39, 0.29) is 28.8 Å². The van der Waals surface area contributed by atoms with E-state index in [0.717, 1.165) is 25.7 Å². The zero-order chi connectivity index (χ0) is 22.2. The van der Waals surface area contributed by atoms with Crippen LogP contribution in [0.1, 0.15) is 84.0 Å². The second-order valence-electron chi connectivity index (χ2n) is 10.4. The molecule has 30 heavy (non-hydrogen) atoms. The molecule has 6 heteroatoms. The minimum absolute atomic E-state index is 0.0494. The van der Waals surface area contributed by atoms with Gasteiger partial charge in [-0.15, -0.1) is 0 Å². The summed E-state index contributed by atoms with van der Waals surface area (Å²) in [6.07, 6.45) is 12.9. The van der Waals surface area contributed by atoms with Crippen LogP contribution in [0.25, 0.3) is 0 Å². The highest BCUT2D eigenvalue weighted by molar-refractivity contribution is 5.79. The second-order valence-corrected chi connectivity index (χ2v) is 10.4. The van der Waals surface area contributed by atoms with E-state index in [9.17, 15) is 9.59 Å². The molecule has 0 atom stereocenters. The van der Waals surface area contributed by atoms with Gasteiger partial charge in [0, 0.05) is 37.0 Å². The van der Waals surface area contributed by atoms with E-state index in [1.165, 1.54) is 38.5 Å². The maximum absolute atomic E-state index is 12.5. The SMILES string of the molecule is CC(CC(=O)NCC1(N(C)C)CCCCC1)CC(=O)NCC1(N(C)C)CCCCC1. The predicted octanol–water partition coefficient (Wildman–Crippen LogP) is 3.16. The van der Waals surface area contributed by atoms with Crippen molar-refractivity contribution in [1.82, 2.24) is 20.4 Å². The van der Waals surface area contributed by atoms with Crippen LogP contribution < -0.4 is 10.6 Å². The van der Waals surface area contributed by atoms with Crippen LogP contribution in [0.2, 0.25) is 0 Å². The van der Waals surface area contributed by atoms with Gasteiger partial charge in [-0.05, 0) is 59.8 Å². The summed E-state index contributed by atoms with van der Waals surface area (Å²) in [5.74, 6) is 0.187. The average Bonchev–Trinajstić information content (AvgIpc) is 2.72. The highest BCUT2D eigenvalue weighted by Crippen LogP contribution is 2.32. The van der Waals surface area contributed by atoms with Crippen molar-refractivity contribution in [2.75, 3.05) is 41.3 Å². The highest BCUT2D eigenvalue weighted by atomic mass is 16.2. The number of carbonyl (C=O) groups is 2. The number of amides is 2. The van der Waals surface area contributed by atoms with Crippen molar-refractivity contribution < 1.29 is 9.59 Å². The van der Waals surface area contributed by atoms with Gasteiger partial charge in [0.25, 0.3) is 0 Å². The maximum atomic E-state index is 12.5. The van der Waals surface area contributed by atoms with E-state index < -0.39 is 0 Å². The molecule has 0 radical (unpaired) electrons. The third-order valence-corrected chi connectivity index (χ3v) is 7.76. The summed E-state index contributed by atoms with van der Waals surface area (Å²) >= 11 is 0. The van der Waals surface area contributed by atoms with Crippen molar-refractivity contribution in [2.45, 2.75) is 95.1 Å². The first-order chi connectivity index (χ1) is 14.2. The van der Waals surface area contributed by atoms with Crippen LogP contribution in [0.4, 0.5) is 0 Å². The van der Waals surface area contributed by atoms with E-state index in [1.54, 1.807) is 0 Å². The lowest BCUT2D eigenvalue weighted by molar-refractivity contribution is -0.124. The molecule has 0 aromatic carbocycles. The Hall–Kier alpha value is -1.14. The predicted molar refractivity (Wildman–Crippen MR) is 123 cm³/mol. The Bertz CT molecular complexity index is 501. The van der Waals surface area contributed by atoms with Crippen LogP contribution in [0, 0.1) is 5.92 Å². The molecule has 2 aliphatic rings. The van der Waals surface area contributed by atoms with Gasteiger partial charge in [-0.25, -0.2) is 0 Å². The molecular formula is C24H46N4O2. The zero-order valence-electron chi connectivity index (χ0n) is 20.2. The highest BCUT2D eigenvalue weighted by Gasteiger charge is 2.35. The van der Waals surface area contributed by atoms with Crippen LogP contribution in [0.3, 0.4) is 0 Å². The van der Waals surface area contributed by atoms with Crippen molar-refractivity contribution in [3.8, 4) is 0 Å². The minimum atomic E-state index is 0.0494. The molecule has 0 bridgehead atoms. The number of hydrogen-bond donors (Lipinski definition) is 2. The summed E-state index contributed by atoms with van der Waals surface area (Å²) in [4.78, 5) is 29.6. The van der Waals surface area contributed by atoms with Gasteiger partial charge in [-0.3, -0.25) is 9.59 Å². The fourth-order valence-corrected chi connectivity index (χ4v) is 5.36. The molecule has 6 nitrogen and oxygen atoms in total. The van der Waals surface area contributed by atoms with E-state index in [4.69, 9.17) is 0 Å². The Labute approximate surface area is 184 Å². The van der Waals surface area contributed by atoms with Gasteiger partial charge < -0.3 is 20.4 Å². The van der Waals surface area contributed by atoms with E-state index >= 15 is 0 Å². The van der Waals surface area contributed by atoms with Crippen LogP contribution in [0.15, 0.2) is 0 Å². The van der Waals surface area contributed by atoms with E-state index in [0.29, 0.717) is 25.9 Å². The van der Waals surface area contributed by atoms with Crippen LogP contribution >= 0.6 is 0 Å². The lowest BCUT2D eigenvalue weighted by Crippen LogP contribution is -2.54. The zero-order valence-corrected chi connectivity index (χ0v) is 20.2. The molecule has 0 aromatic rings. The molecular weight excluding hydrogens is 376 g/mol. The summed E-state index contributed by atoms with van der Waals surface area (Å²) in [5.41, 5.74) is 0.185. The van der Waals surface area contributed by atoms with Crippen molar-refractivity contribution in [2.24, 2.45) is 5.92 Å². The normalized spacial score (nSPS) is 21.1. The number of nitrogens with one attached hydrogen (secondary N) is 2. The fraction of sp³-hybridized carbons (Fsp3) is 0.917. The Morgan fingerprint density at radius 1 is 0.700 bits per heavy atom. The van der Waals surface area contributed by atoms with E-state index in [1.807, 2.05) is 6.92 Å². The molecule has 2 amide bonds. The van der Waals surface area contributed by atoms with Crippen LogP contribution in [-0.4, -0.2) is 74.0 Å². The van der Waals surface area contributed by atoms with Gasteiger partial charge >= 0.3 is 0 Å². The minimum Gasteiger partial charge on any atom is -0.354 e. The molecule has 0 spiro atoms. The van der Waals surface area contributed by atoms with Gasteiger partial charge in [0.05, 0.1) is 0 Å². The number of nitrogens with zero attached hydrogens (tertiary/aromatic N) is 2. The van der Waals surface area contributed by atoms with Crippen LogP contribution in [-0.2, 0) is 9.59 Å². The van der Waals surface area contributed by atoms with E-state index in [2.05, 4.69) is 48.6 Å². The van der Waals surface area contributed by atoms with Crippen molar-refractivity contribution >= 4 is 11.8 Å². The Morgan fingerprint density at radius 3 is 1.33 bits per heavy atom. The molecule has 2 aliphatic carbocycles. The summed E-state index contributed by atoms with van der Waals surface area (Å²) in [6.45, 7) is 3.43. The lowest BCUT2D eigenvalue weighted by atomic mass is 9.80. The first-order valence-corrected chi connectivity index (χ1v) is 12.1. The van der Waals surface area contributed by atoms with Crippen LogP contribution in [0.5, 0.6) is 0 Å². The van der Waals surface area contributed by atoms with Gasteiger partial charge in [0.15, 0.2) is 0 Å². The molecule has 2 saturated carbocycles. The van der Waals surface area contributed by atoms with Crippen molar-refractivity contribution in [3.63, 3.8) is 0 Å². The number of rotatable bonds is 10. The third kappa shape index (κ3) is 6.94. The number of hydrogen-bond acceptors (Lipinski definition) is 4. The monoisotopic (exact) mass is 422 g/mol. The summed E-state index contributed by atoms with van der Waals surface area (Å²) in [6, 6.07) is 0. The second kappa shape index (κ2) is 11.5. The Morgan fingerprint density at radius 2 is 1.03 bits per heavy atom. The Kier molecular flexibility index (Phi) is 9.61. The molecule has 0 aliphatic heterocycles. The lowest BCUT2D eigenvalue weighted by Gasteiger charge is -2.43. The quantitative estimate of drug-likeness (QED) is 0.568. The molecule has 2 N–H and O–H groups in total. The molecule has 2 rings (SSSR count). The van der Waals surface area contributed by atoms with Gasteiger partial charge in [0.2, 0.25) is 11.8 Å². The average molecular weight is 423 g/mol. The summed E-state index contributed by atoms with van der Waals surface area (Å²) in [7, 11) is 8.49. The maximum Gasteiger partial charge on any atom is 0.220 e. The fourth-order valence-electron chi connectivity index (χ4n) is 5.36. The van der Waals surface area contributed by atoms with Crippen molar-refractivity contribution in [3.05, 3.63) is 0 Å². The van der Waals surface area contributed by atoms with Gasteiger partial charge in [-0.2, -0.15) is 0 Å². The molecule has 174 valence electrons. The third-order valence-electron chi connectivity index (χ3n) is 7.76. The van der Waals surface area contributed by atoms with Crippen molar-refractivity contribution in [1.29, 1.82) is 0 Å². The Balaban J connectivity index is 1.74. The standard InChI is InChI=1S/C24H46N4O2/c1-20(16-21(29)25-18-23(27(2)3)12-8-6-9-13-23)17-22(30)26-19-24(28(4)5)14-10-7-11-15-24/h20H,6-19H2,1-5H3,(H,25,29)(H,26,30). The molecule has 2 fully saturated rings. The number of likely N-dealkylation sites (N-methyl/N-ethyl adjacent to an activating group) is 2. The smallest absolute Gasteiger partial charge is 0.220 e. The topological polar surface area (TPSA) is 64.7 Å². The van der Waals surface area contributed by atoms with Gasteiger partial charge in [0.1, 0.15) is 0 Å². The van der Waals surface area contributed by atoms with Gasteiger partial charge in [-0.1, -0.05) is 45.4 Å². The summed E-state index contributed by atoms with van der Waals surface area (Å²) in [5, 5.41) is 6.33. The number of carbonyl (C=O) groups excluding carboxylic acids is 2. The molecule has 0 saturated heterocycles.